The first-order valence-electron chi connectivity index (χ1n) is 6.25. The smallest absolute Gasteiger partial charge is 0.348 e. The van der Waals surface area contributed by atoms with Gasteiger partial charge >= 0.3 is 5.97 Å². The first-order valence-corrected chi connectivity index (χ1v) is 6.25. The quantitative estimate of drug-likeness (QED) is 0.472. The van der Waals surface area contributed by atoms with Gasteiger partial charge in [0.05, 0.1) is 6.10 Å². The van der Waals surface area contributed by atoms with Gasteiger partial charge in [0.2, 0.25) is 0 Å². The lowest BCUT2D eigenvalue weighted by molar-refractivity contribution is -0.141. The summed E-state index contributed by atoms with van der Waals surface area (Å²) < 4.78 is 10.5. The van der Waals surface area contributed by atoms with Crippen molar-refractivity contribution in [2.45, 2.75) is 18.9 Å². The SMILES string of the molecule is N#C/C(=C\c1ccccc1)C(=O)OC[C@@H]1CCCO1. The normalized spacial score (nSPS) is 18.9. The molecule has 0 unspecified atom stereocenters. The molecule has 1 atom stereocenters. The van der Waals surface area contributed by atoms with Crippen molar-refractivity contribution >= 4 is 12.0 Å². The largest absolute Gasteiger partial charge is 0.459 e. The highest BCUT2D eigenvalue weighted by molar-refractivity contribution is 5.97. The molecular formula is C15H15NO3. The molecule has 1 saturated heterocycles. The van der Waals surface area contributed by atoms with Crippen LogP contribution in [0.25, 0.3) is 6.08 Å². The summed E-state index contributed by atoms with van der Waals surface area (Å²) in [5.41, 5.74) is 0.803. The first-order chi connectivity index (χ1) is 9.29. The maximum absolute atomic E-state index is 11.8. The van der Waals surface area contributed by atoms with Crippen LogP contribution in [-0.4, -0.2) is 25.3 Å². The van der Waals surface area contributed by atoms with Gasteiger partial charge in [0.1, 0.15) is 18.2 Å². The number of carbonyl (C=O) groups is 1. The van der Waals surface area contributed by atoms with Crippen LogP contribution in [0.2, 0.25) is 0 Å². The van der Waals surface area contributed by atoms with Gasteiger partial charge in [0, 0.05) is 6.61 Å². The zero-order chi connectivity index (χ0) is 13.5. The number of benzene rings is 1. The highest BCUT2D eigenvalue weighted by Crippen LogP contribution is 2.13. The molecule has 0 bridgehead atoms. The van der Waals surface area contributed by atoms with Gasteiger partial charge in [-0.3, -0.25) is 0 Å². The summed E-state index contributed by atoms with van der Waals surface area (Å²) >= 11 is 0. The van der Waals surface area contributed by atoms with E-state index in [1.807, 2.05) is 36.4 Å². The number of nitriles is 1. The second kappa shape index (κ2) is 6.72. The van der Waals surface area contributed by atoms with Gasteiger partial charge in [-0.2, -0.15) is 5.26 Å². The summed E-state index contributed by atoms with van der Waals surface area (Å²) in [6.07, 6.45) is 3.39. The van der Waals surface area contributed by atoms with Crippen molar-refractivity contribution in [1.82, 2.24) is 0 Å². The predicted octanol–water partition coefficient (Wildman–Crippen LogP) is 2.32. The molecule has 0 aliphatic carbocycles. The summed E-state index contributed by atoms with van der Waals surface area (Å²) in [7, 11) is 0. The molecule has 1 aromatic carbocycles. The molecule has 4 heteroatoms. The Balaban J connectivity index is 1.95. The van der Waals surface area contributed by atoms with E-state index in [-0.39, 0.29) is 18.3 Å². The minimum atomic E-state index is -0.596. The third-order valence-corrected chi connectivity index (χ3v) is 2.88. The Labute approximate surface area is 112 Å². The number of carbonyl (C=O) groups excluding carboxylic acids is 1. The van der Waals surface area contributed by atoms with E-state index in [2.05, 4.69) is 0 Å². The summed E-state index contributed by atoms with van der Waals surface area (Å²) in [6.45, 7) is 0.930. The zero-order valence-electron chi connectivity index (χ0n) is 10.5. The minimum absolute atomic E-state index is 0.00389. The number of hydrogen-bond donors (Lipinski definition) is 0. The van der Waals surface area contributed by atoms with E-state index in [9.17, 15) is 4.79 Å². The Kier molecular flexibility index (Phi) is 4.71. The van der Waals surface area contributed by atoms with Crippen molar-refractivity contribution in [1.29, 1.82) is 5.26 Å². The molecule has 0 aromatic heterocycles. The summed E-state index contributed by atoms with van der Waals surface area (Å²) in [6, 6.07) is 11.1. The fraction of sp³-hybridized carbons (Fsp3) is 0.333. The Morgan fingerprint density at radius 2 is 2.26 bits per heavy atom. The van der Waals surface area contributed by atoms with Crippen molar-refractivity contribution in [3.05, 3.63) is 41.5 Å². The second-order valence-electron chi connectivity index (χ2n) is 4.31. The molecular weight excluding hydrogens is 242 g/mol. The van der Waals surface area contributed by atoms with Gasteiger partial charge in [-0.1, -0.05) is 30.3 Å². The lowest BCUT2D eigenvalue weighted by atomic mass is 10.1. The van der Waals surface area contributed by atoms with Gasteiger partial charge in [0.15, 0.2) is 0 Å². The molecule has 19 heavy (non-hydrogen) atoms. The van der Waals surface area contributed by atoms with Crippen LogP contribution in [0.4, 0.5) is 0 Å². The molecule has 0 saturated carbocycles. The van der Waals surface area contributed by atoms with Crippen LogP contribution < -0.4 is 0 Å². The number of ether oxygens (including phenoxy) is 2. The lowest BCUT2D eigenvalue weighted by Crippen LogP contribution is -2.18. The van der Waals surface area contributed by atoms with Gasteiger partial charge < -0.3 is 9.47 Å². The standard InChI is InChI=1S/C15H15NO3/c16-10-13(9-12-5-2-1-3-6-12)15(17)19-11-14-7-4-8-18-14/h1-3,5-6,9,14H,4,7-8,11H2/b13-9+/t14-/m0/s1. The molecule has 0 spiro atoms. The molecule has 0 radical (unpaired) electrons. The van der Waals surface area contributed by atoms with E-state index in [0.717, 1.165) is 18.4 Å². The molecule has 4 nitrogen and oxygen atoms in total. The average Bonchev–Trinajstić information content (AvgIpc) is 2.96. The van der Waals surface area contributed by atoms with Crippen molar-refractivity contribution < 1.29 is 14.3 Å². The number of rotatable bonds is 4. The van der Waals surface area contributed by atoms with Crippen molar-refractivity contribution in [3.63, 3.8) is 0 Å². The topological polar surface area (TPSA) is 59.3 Å². The van der Waals surface area contributed by atoms with E-state index in [0.29, 0.717) is 6.61 Å². The fourth-order valence-electron chi connectivity index (χ4n) is 1.87. The van der Waals surface area contributed by atoms with E-state index in [4.69, 9.17) is 14.7 Å². The van der Waals surface area contributed by atoms with Crippen LogP contribution in [0.1, 0.15) is 18.4 Å². The van der Waals surface area contributed by atoms with Crippen molar-refractivity contribution in [2.24, 2.45) is 0 Å². The molecule has 2 rings (SSSR count). The third kappa shape index (κ3) is 3.94. The molecule has 0 amide bonds. The minimum Gasteiger partial charge on any atom is -0.459 e. The Morgan fingerprint density at radius 3 is 2.89 bits per heavy atom. The van der Waals surface area contributed by atoms with Gasteiger partial charge in [-0.05, 0) is 24.5 Å². The van der Waals surface area contributed by atoms with Crippen LogP contribution >= 0.6 is 0 Å². The Bertz CT molecular complexity index is 496. The maximum atomic E-state index is 11.8. The van der Waals surface area contributed by atoms with E-state index < -0.39 is 5.97 Å². The number of esters is 1. The van der Waals surface area contributed by atoms with E-state index >= 15 is 0 Å². The van der Waals surface area contributed by atoms with Crippen molar-refractivity contribution in [3.8, 4) is 6.07 Å². The molecule has 98 valence electrons. The maximum Gasteiger partial charge on any atom is 0.348 e. The average molecular weight is 257 g/mol. The predicted molar refractivity (Wildman–Crippen MR) is 70.0 cm³/mol. The zero-order valence-corrected chi connectivity index (χ0v) is 10.5. The highest BCUT2D eigenvalue weighted by Gasteiger charge is 2.19. The summed E-state index contributed by atoms with van der Waals surface area (Å²) in [4.78, 5) is 11.8. The summed E-state index contributed by atoms with van der Waals surface area (Å²) in [5, 5.41) is 9.00. The molecule has 1 fully saturated rings. The van der Waals surface area contributed by atoms with E-state index in [1.54, 1.807) is 0 Å². The molecule has 0 N–H and O–H groups in total. The molecule has 1 aromatic rings. The van der Waals surface area contributed by atoms with Gasteiger partial charge in [-0.15, -0.1) is 0 Å². The monoisotopic (exact) mass is 257 g/mol. The van der Waals surface area contributed by atoms with Crippen molar-refractivity contribution in [2.75, 3.05) is 13.2 Å². The second-order valence-corrected chi connectivity index (χ2v) is 4.31. The van der Waals surface area contributed by atoms with Crippen LogP contribution in [0.15, 0.2) is 35.9 Å². The van der Waals surface area contributed by atoms with Gasteiger partial charge in [-0.25, -0.2) is 4.79 Å². The first kappa shape index (κ1) is 13.3. The van der Waals surface area contributed by atoms with Crippen LogP contribution in [0.3, 0.4) is 0 Å². The number of nitrogens with zero attached hydrogens (tertiary/aromatic N) is 1. The third-order valence-electron chi connectivity index (χ3n) is 2.88. The lowest BCUT2D eigenvalue weighted by Gasteiger charge is -2.09. The summed E-state index contributed by atoms with van der Waals surface area (Å²) in [5.74, 6) is -0.596. The highest BCUT2D eigenvalue weighted by atomic mass is 16.6. The fourth-order valence-corrected chi connectivity index (χ4v) is 1.87. The molecule has 1 aliphatic heterocycles. The number of hydrogen-bond acceptors (Lipinski definition) is 4. The van der Waals surface area contributed by atoms with Crippen LogP contribution in [0.5, 0.6) is 0 Å². The Morgan fingerprint density at radius 1 is 1.47 bits per heavy atom. The Hall–Kier alpha value is -2.12. The molecule has 1 heterocycles. The molecule has 1 aliphatic rings. The van der Waals surface area contributed by atoms with E-state index in [1.165, 1.54) is 6.08 Å². The van der Waals surface area contributed by atoms with Gasteiger partial charge in [0.25, 0.3) is 0 Å². The van der Waals surface area contributed by atoms with Crippen LogP contribution in [0, 0.1) is 11.3 Å². The van der Waals surface area contributed by atoms with Crippen LogP contribution in [-0.2, 0) is 14.3 Å².